The van der Waals surface area contributed by atoms with Crippen LogP contribution in [0.4, 0.5) is 5.82 Å². The van der Waals surface area contributed by atoms with Crippen molar-refractivity contribution in [2.24, 2.45) is 0 Å². The molecule has 0 bridgehead atoms. The Balaban J connectivity index is 0.000000206. The maximum absolute atomic E-state index is 10.6. The van der Waals surface area contributed by atoms with Gasteiger partial charge in [-0.1, -0.05) is 30.9 Å². The molecule has 26 heavy (non-hydrogen) atoms. The van der Waals surface area contributed by atoms with Gasteiger partial charge in [0.05, 0.1) is 17.0 Å². The Bertz CT molecular complexity index is 821. The van der Waals surface area contributed by atoms with E-state index in [2.05, 4.69) is 45.7 Å². The zero-order chi connectivity index (χ0) is 18.4. The highest BCUT2D eigenvalue weighted by Crippen LogP contribution is 2.25. The molecule has 2 N–H and O–H groups in total. The second kappa shape index (κ2) is 8.77. The highest BCUT2D eigenvalue weighted by molar-refractivity contribution is 7.91. The Hall–Kier alpha value is -1.73. The number of sulfone groups is 1. The second-order valence-electron chi connectivity index (χ2n) is 7.12. The molecule has 0 spiro atoms. The van der Waals surface area contributed by atoms with Crippen LogP contribution in [-0.4, -0.2) is 49.0 Å². The summed E-state index contributed by atoms with van der Waals surface area (Å²) in [6.45, 7) is 3.36. The molecule has 7 heteroatoms. The molecule has 2 aromatic rings. The summed E-state index contributed by atoms with van der Waals surface area (Å²) < 4.78 is 21.2. The number of nitrogens with one attached hydrogen (secondary N) is 2. The van der Waals surface area contributed by atoms with Crippen molar-refractivity contribution in [1.29, 1.82) is 0 Å². The number of rotatable bonds is 2. The number of aromatic nitrogens is 2. The van der Waals surface area contributed by atoms with Crippen molar-refractivity contribution in [2.45, 2.75) is 45.1 Å². The summed E-state index contributed by atoms with van der Waals surface area (Å²) in [6, 6.07) is 6.91. The van der Waals surface area contributed by atoms with Gasteiger partial charge in [0.15, 0.2) is 9.84 Å². The van der Waals surface area contributed by atoms with Gasteiger partial charge in [-0.3, -0.25) is 0 Å². The van der Waals surface area contributed by atoms with Crippen LogP contribution in [0.15, 0.2) is 24.5 Å². The molecule has 1 aromatic heterocycles. The van der Waals surface area contributed by atoms with E-state index in [1.165, 1.54) is 37.7 Å². The molecule has 0 radical (unpaired) electrons. The maximum Gasteiger partial charge on any atom is 0.152 e. The van der Waals surface area contributed by atoms with E-state index in [1.54, 1.807) is 6.33 Å². The standard InChI is InChI=1S/C15H19N3.C4H9NO2S/c1-11-7-8-14-13(9-11)15(17-10-16-14)18-12-5-3-2-4-6-12;6-8(7)3-1-5-2-4-8/h7-10,12H,2-6H2,1H3,(H,16,17,18);5H,1-4H2. The van der Waals surface area contributed by atoms with Gasteiger partial charge in [-0.15, -0.1) is 0 Å². The molecule has 4 rings (SSSR count). The zero-order valence-corrected chi connectivity index (χ0v) is 16.2. The number of anilines is 1. The highest BCUT2D eigenvalue weighted by Gasteiger charge is 2.15. The smallest absolute Gasteiger partial charge is 0.152 e. The lowest BCUT2D eigenvalue weighted by molar-refractivity contribution is 0.462. The third kappa shape index (κ3) is 5.38. The molecule has 2 aliphatic rings. The lowest BCUT2D eigenvalue weighted by Gasteiger charge is -2.23. The normalized spacial score (nSPS) is 20.2. The van der Waals surface area contributed by atoms with Crippen molar-refractivity contribution in [2.75, 3.05) is 29.9 Å². The minimum atomic E-state index is -2.65. The SMILES string of the molecule is Cc1ccc2ncnc(NC3CCCCC3)c2c1.O=S1(=O)CCNCC1. The molecule has 142 valence electrons. The Morgan fingerprint density at radius 2 is 1.81 bits per heavy atom. The Labute approximate surface area is 155 Å². The fraction of sp³-hybridized carbons (Fsp3) is 0.579. The van der Waals surface area contributed by atoms with E-state index in [-0.39, 0.29) is 0 Å². The first-order valence-corrected chi connectivity index (χ1v) is 11.2. The van der Waals surface area contributed by atoms with Crippen LogP contribution in [0.2, 0.25) is 0 Å². The Kier molecular flexibility index (Phi) is 6.43. The van der Waals surface area contributed by atoms with Crippen LogP contribution < -0.4 is 10.6 Å². The molecule has 0 atom stereocenters. The van der Waals surface area contributed by atoms with Crippen LogP contribution >= 0.6 is 0 Å². The fourth-order valence-electron chi connectivity index (χ4n) is 3.41. The first-order chi connectivity index (χ1) is 12.5. The summed E-state index contributed by atoms with van der Waals surface area (Å²) in [5.74, 6) is 1.62. The molecule has 1 saturated heterocycles. The maximum atomic E-state index is 10.6. The van der Waals surface area contributed by atoms with E-state index < -0.39 is 9.84 Å². The molecule has 1 aliphatic carbocycles. The van der Waals surface area contributed by atoms with Gasteiger partial charge in [0.25, 0.3) is 0 Å². The Morgan fingerprint density at radius 1 is 1.08 bits per heavy atom. The average Bonchev–Trinajstić information content (AvgIpc) is 2.63. The van der Waals surface area contributed by atoms with Gasteiger partial charge in [-0.05, 0) is 31.9 Å². The lowest BCUT2D eigenvalue weighted by atomic mass is 9.95. The molecule has 0 unspecified atom stereocenters. The van der Waals surface area contributed by atoms with Crippen LogP contribution in [0.5, 0.6) is 0 Å². The Morgan fingerprint density at radius 3 is 2.46 bits per heavy atom. The van der Waals surface area contributed by atoms with E-state index >= 15 is 0 Å². The fourth-order valence-corrected chi connectivity index (χ4v) is 4.52. The van der Waals surface area contributed by atoms with Gasteiger partial charge in [0, 0.05) is 24.5 Å². The molecule has 1 saturated carbocycles. The topological polar surface area (TPSA) is 84.0 Å². The minimum Gasteiger partial charge on any atom is -0.367 e. The van der Waals surface area contributed by atoms with Crippen molar-refractivity contribution in [1.82, 2.24) is 15.3 Å². The summed E-state index contributed by atoms with van der Waals surface area (Å²) in [7, 11) is -2.65. The van der Waals surface area contributed by atoms with Gasteiger partial charge in [0.2, 0.25) is 0 Å². The van der Waals surface area contributed by atoms with Crippen LogP contribution in [0.1, 0.15) is 37.7 Å². The van der Waals surface area contributed by atoms with Gasteiger partial charge >= 0.3 is 0 Å². The molecule has 2 fully saturated rings. The van der Waals surface area contributed by atoms with Crippen LogP contribution in [0.25, 0.3) is 10.9 Å². The summed E-state index contributed by atoms with van der Waals surface area (Å²) in [5.41, 5.74) is 2.28. The monoisotopic (exact) mass is 376 g/mol. The molecular formula is C19H28N4O2S. The zero-order valence-electron chi connectivity index (χ0n) is 15.4. The second-order valence-corrected chi connectivity index (χ2v) is 9.43. The number of aryl methyl sites for hydroxylation is 1. The van der Waals surface area contributed by atoms with Crippen molar-refractivity contribution in [3.8, 4) is 0 Å². The van der Waals surface area contributed by atoms with Crippen LogP contribution in [-0.2, 0) is 9.84 Å². The van der Waals surface area contributed by atoms with Gasteiger partial charge < -0.3 is 10.6 Å². The molecule has 1 aromatic carbocycles. The number of benzene rings is 1. The average molecular weight is 377 g/mol. The number of fused-ring (bicyclic) bond motifs is 1. The minimum absolute atomic E-state index is 0.312. The highest BCUT2D eigenvalue weighted by atomic mass is 32.2. The predicted molar refractivity (Wildman–Crippen MR) is 106 cm³/mol. The van der Waals surface area contributed by atoms with Gasteiger partial charge in [-0.25, -0.2) is 18.4 Å². The first-order valence-electron chi connectivity index (χ1n) is 9.42. The van der Waals surface area contributed by atoms with Gasteiger partial charge in [-0.2, -0.15) is 0 Å². The molecular weight excluding hydrogens is 348 g/mol. The summed E-state index contributed by atoms with van der Waals surface area (Å²) in [4.78, 5) is 8.74. The summed E-state index contributed by atoms with van der Waals surface area (Å²) >= 11 is 0. The van der Waals surface area contributed by atoms with Crippen molar-refractivity contribution in [3.63, 3.8) is 0 Å². The predicted octanol–water partition coefficient (Wildman–Crippen LogP) is 2.69. The summed E-state index contributed by atoms with van der Waals surface area (Å²) in [6.07, 6.45) is 8.22. The largest absolute Gasteiger partial charge is 0.367 e. The van der Waals surface area contributed by atoms with Crippen LogP contribution in [0.3, 0.4) is 0 Å². The van der Waals surface area contributed by atoms with E-state index in [0.717, 1.165) is 16.7 Å². The van der Waals surface area contributed by atoms with Crippen molar-refractivity contribution < 1.29 is 8.42 Å². The molecule has 1 aliphatic heterocycles. The summed E-state index contributed by atoms with van der Waals surface area (Å²) in [5, 5.41) is 7.70. The lowest BCUT2D eigenvalue weighted by Crippen LogP contribution is -2.35. The molecule has 6 nitrogen and oxygen atoms in total. The number of hydrogen-bond acceptors (Lipinski definition) is 6. The van der Waals surface area contributed by atoms with Gasteiger partial charge in [0.1, 0.15) is 12.1 Å². The van der Waals surface area contributed by atoms with Crippen molar-refractivity contribution in [3.05, 3.63) is 30.1 Å². The van der Waals surface area contributed by atoms with E-state index in [9.17, 15) is 8.42 Å². The third-order valence-electron chi connectivity index (χ3n) is 4.92. The van der Waals surface area contributed by atoms with Crippen LogP contribution in [0, 0.1) is 6.92 Å². The van der Waals surface area contributed by atoms with Crippen molar-refractivity contribution >= 4 is 26.6 Å². The molecule has 2 heterocycles. The van der Waals surface area contributed by atoms with E-state index in [1.807, 2.05) is 0 Å². The van der Waals surface area contributed by atoms with E-state index in [4.69, 9.17) is 0 Å². The third-order valence-corrected chi connectivity index (χ3v) is 6.57. The number of hydrogen-bond donors (Lipinski definition) is 2. The first kappa shape index (κ1) is 19.0. The quantitative estimate of drug-likeness (QED) is 0.838. The van der Waals surface area contributed by atoms with E-state index in [0.29, 0.717) is 30.6 Å². The molecule has 0 amide bonds. The number of nitrogens with zero attached hydrogens (tertiary/aromatic N) is 2.